The molecule has 1 heterocycles. The van der Waals surface area contributed by atoms with Crippen LogP contribution in [0.3, 0.4) is 0 Å². The number of nitrogens with zero attached hydrogens (tertiary/aromatic N) is 1. The average molecular weight is 255 g/mol. The molecule has 0 radical (unpaired) electrons. The Morgan fingerprint density at radius 2 is 2.06 bits per heavy atom. The SMILES string of the molecule is C=C(CC(C)C(=O)NCC(N)=O)N1CCOCC1. The highest BCUT2D eigenvalue weighted by Crippen LogP contribution is 2.15. The van der Waals surface area contributed by atoms with Gasteiger partial charge in [-0.2, -0.15) is 0 Å². The maximum Gasteiger partial charge on any atom is 0.236 e. The van der Waals surface area contributed by atoms with Gasteiger partial charge in [0, 0.05) is 24.7 Å². The number of nitrogens with one attached hydrogen (secondary N) is 1. The first-order valence-corrected chi connectivity index (χ1v) is 6.07. The van der Waals surface area contributed by atoms with Gasteiger partial charge in [0.1, 0.15) is 0 Å². The van der Waals surface area contributed by atoms with Gasteiger partial charge in [-0.05, 0) is 6.42 Å². The third-order valence-corrected chi connectivity index (χ3v) is 2.88. The number of rotatable bonds is 6. The highest BCUT2D eigenvalue weighted by molar-refractivity contribution is 5.84. The third kappa shape index (κ3) is 4.75. The fraction of sp³-hybridized carbons (Fsp3) is 0.667. The first-order chi connectivity index (χ1) is 8.50. The molecule has 0 spiro atoms. The second-order valence-corrected chi connectivity index (χ2v) is 4.45. The molecule has 6 heteroatoms. The van der Waals surface area contributed by atoms with Crippen LogP contribution in [0.5, 0.6) is 0 Å². The van der Waals surface area contributed by atoms with Crippen LogP contribution in [0.25, 0.3) is 0 Å². The van der Waals surface area contributed by atoms with Crippen LogP contribution >= 0.6 is 0 Å². The maximum atomic E-state index is 11.7. The fourth-order valence-electron chi connectivity index (χ4n) is 1.80. The van der Waals surface area contributed by atoms with Crippen LogP contribution in [-0.2, 0) is 14.3 Å². The molecule has 1 unspecified atom stereocenters. The maximum absolute atomic E-state index is 11.7. The largest absolute Gasteiger partial charge is 0.378 e. The number of hydrogen-bond acceptors (Lipinski definition) is 4. The van der Waals surface area contributed by atoms with Gasteiger partial charge >= 0.3 is 0 Å². The number of ether oxygens (including phenoxy) is 1. The van der Waals surface area contributed by atoms with Crippen molar-refractivity contribution in [3.63, 3.8) is 0 Å². The van der Waals surface area contributed by atoms with Crippen LogP contribution in [0.2, 0.25) is 0 Å². The normalized spacial score (nSPS) is 17.1. The molecule has 0 aliphatic carbocycles. The lowest BCUT2D eigenvalue weighted by atomic mass is 10.0. The molecule has 0 bridgehead atoms. The van der Waals surface area contributed by atoms with Gasteiger partial charge in [-0.25, -0.2) is 0 Å². The van der Waals surface area contributed by atoms with Crippen molar-refractivity contribution < 1.29 is 14.3 Å². The number of carbonyl (C=O) groups is 2. The molecule has 1 aliphatic rings. The lowest BCUT2D eigenvalue weighted by molar-refractivity contribution is -0.127. The topological polar surface area (TPSA) is 84.7 Å². The summed E-state index contributed by atoms with van der Waals surface area (Å²) in [6.07, 6.45) is 0.574. The fourth-order valence-corrected chi connectivity index (χ4v) is 1.80. The quantitative estimate of drug-likeness (QED) is 0.667. The minimum atomic E-state index is -0.539. The molecule has 0 aromatic rings. The Bertz CT molecular complexity index is 325. The Hall–Kier alpha value is -1.56. The molecule has 2 amide bonds. The third-order valence-electron chi connectivity index (χ3n) is 2.88. The molecule has 102 valence electrons. The molecule has 1 fully saturated rings. The lowest BCUT2D eigenvalue weighted by Crippen LogP contribution is -2.39. The van der Waals surface area contributed by atoms with Gasteiger partial charge in [0.05, 0.1) is 19.8 Å². The zero-order valence-corrected chi connectivity index (χ0v) is 10.8. The van der Waals surface area contributed by atoms with Crippen molar-refractivity contribution in [2.45, 2.75) is 13.3 Å². The Morgan fingerprint density at radius 1 is 1.44 bits per heavy atom. The van der Waals surface area contributed by atoms with Crippen LogP contribution in [0, 0.1) is 5.92 Å². The molecule has 1 saturated heterocycles. The van der Waals surface area contributed by atoms with Gasteiger partial charge in [-0.3, -0.25) is 9.59 Å². The number of morpholine rings is 1. The second kappa shape index (κ2) is 7.00. The predicted molar refractivity (Wildman–Crippen MR) is 67.5 cm³/mol. The Labute approximate surface area is 107 Å². The van der Waals surface area contributed by atoms with Crippen LogP contribution in [0.4, 0.5) is 0 Å². The van der Waals surface area contributed by atoms with Gasteiger partial charge in [0.15, 0.2) is 0 Å². The van der Waals surface area contributed by atoms with Crippen molar-refractivity contribution in [1.29, 1.82) is 0 Å². The number of hydrogen-bond donors (Lipinski definition) is 2. The monoisotopic (exact) mass is 255 g/mol. The van der Waals surface area contributed by atoms with Gasteiger partial charge in [0.25, 0.3) is 0 Å². The van der Waals surface area contributed by atoms with Gasteiger partial charge < -0.3 is 20.7 Å². The van der Waals surface area contributed by atoms with Crippen molar-refractivity contribution in [2.24, 2.45) is 11.7 Å². The molecule has 1 rings (SSSR count). The number of allylic oxidation sites excluding steroid dienone is 1. The molecule has 0 saturated carbocycles. The minimum Gasteiger partial charge on any atom is -0.378 e. The van der Waals surface area contributed by atoms with E-state index in [2.05, 4.69) is 16.8 Å². The van der Waals surface area contributed by atoms with Gasteiger partial charge in [0.2, 0.25) is 11.8 Å². The van der Waals surface area contributed by atoms with Gasteiger partial charge in [-0.15, -0.1) is 0 Å². The second-order valence-electron chi connectivity index (χ2n) is 4.45. The van der Waals surface area contributed by atoms with Crippen molar-refractivity contribution in [1.82, 2.24) is 10.2 Å². The summed E-state index contributed by atoms with van der Waals surface area (Å²) in [6.45, 7) is 8.70. The standard InChI is InChI=1S/C12H21N3O3/c1-9(12(17)14-8-11(13)16)7-10(2)15-3-5-18-6-4-15/h9H,2-8H2,1H3,(H2,13,16)(H,14,17). The highest BCUT2D eigenvalue weighted by Gasteiger charge is 2.18. The van der Waals surface area contributed by atoms with E-state index in [1.54, 1.807) is 0 Å². The highest BCUT2D eigenvalue weighted by atomic mass is 16.5. The molecule has 18 heavy (non-hydrogen) atoms. The number of nitrogens with two attached hydrogens (primary N) is 1. The number of primary amides is 1. The molecule has 0 aromatic carbocycles. The van der Waals surface area contributed by atoms with E-state index < -0.39 is 5.91 Å². The molecule has 6 nitrogen and oxygen atoms in total. The minimum absolute atomic E-state index is 0.118. The zero-order valence-electron chi connectivity index (χ0n) is 10.8. The lowest BCUT2D eigenvalue weighted by Gasteiger charge is -2.31. The first-order valence-electron chi connectivity index (χ1n) is 6.07. The van der Waals surface area contributed by atoms with Crippen LogP contribution in [0.1, 0.15) is 13.3 Å². The van der Waals surface area contributed by atoms with Crippen molar-refractivity contribution >= 4 is 11.8 Å². The number of amides is 2. The summed E-state index contributed by atoms with van der Waals surface area (Å²) in [5.41, 5.74) is 5.90. The van der Waals surface area contributed by atoms with Crippen LogP contribution in [0.15, 0.2) is 12.3 Å². The summed E-state index contributed by atoms with van der Waals surface area (Å²) < 4.78 is 5.25. The Morgan fingerprint density at radius 3 is 2.61 bits per heavy atom. The van der Waals surface area contributed by atoms with E-state index >= 15 is 0 Å². The molecule has 1 atom stereocenters. The summed E-state index contributed by atoms with van der Waals surface area (Å²) >= 11 is 0. The number of carbonyl (C=O) groups excluding carboxylic acids is 2. The van der Waals surface area contributed by atoms with E-state index in [9.17, 15) is 9.59 Å². The Kier molecular flexibility index (Phi) is 5.64. The van der Waals surface area contributed by atoms with E-state index in [0.717, 1.165) is 18.8 Å². The smallest absolute Gasteiger partial charge is 0.236 e. The van der Waals surface area contributed by atoms with E-state index in [1.165, 1.54) is 0 Å². The first kappa shape index (κ1) is 14.5. The van der Waals surface area contributed by atoms with Crippen molar-refractivity contribution in [3.05, 3.63) is 12.3 Å². The summed E-state index contributed by atoms with van der Waals surface area (Å²) in [7, 11) is 0. The average Bonchev–Trinajstić information content (AvgIpc) is 2.36. The van der Waals surface area contributed by atoms with E-state index in [0.29, 0.717) is 19.6 Å². The van der Waals surface area contributed by atoms with Crippen LogP contribution in [-0.4, -0.2) is 49.6 Å². The summed E-state index contributed by atoms with van der Waals surface area (Å²) in [4.78, 5) is 24.4. The van der Waals surface area contributed by atoms with E-state index in [1.807, 2.05) is 6.92 Å². The molecular weight excluding hydrogens is 234 g/mol. The van der Waals surface area contributed by atoms with Crippen LogP contribution < -0.4 is 11.1 Å². The molecular formula is C12H21N3O3. The molecule has 0 aromatic heterocycles. The van der Waals surface area contributed by atoms with Crippen molar-refractivity contribution in [2.75, 3.05) is 32.8 Å². The predicted octanol–water partition coefficient (Wildman–Crippen LogP) is -0.540. The zero-order chi connectivity index (χ0) is 13.5. The summed E-state index contributed by atoms with van der Waals surface area (Å²) in [5, 5.41) is 2.49. The van der Waals surface area contributed by atoms with Crippen molar-refractivity contribution in [3.8, 4) is 0 Å². The van der Waals surface area contributed by atoms with E-state index in [-0.39, 0.29) is 18.4 Å². The molecule has 1 aliphatic heterocycles. The molecule has 3 N–H and O–H groups in total. The van der Waals surface area contributed by atoms with E-state index in [4.69, 9.17) is 10.5 Å². The van der Waals surface area contributed by atoms with Gasteiger partial charge in [-0.1, -0.05) is 13.5 Å². The summed E-state index contributed by atoms with van der Waals surface area (Å²) in [5.74, 6) is -0.939. The summed E-state index contributed by atoms with van der Waals surface area (Å²) in [6, 6.07) is 0. The Balaban J connectivity index is 2.33.